The lowest BCUT2D eigenvalue weighted by molar-refractivity contribution is -0.128. The van der Waals surface area contributed by atoms with E-state index in [0.29, 0.717) is 11.8 Å². The van der Waals surface area contributed by atoms with Crippen molar-refractivity contribution < 1.29 is 14.3 Å². The van der Waals surface area contributed by atoms with Crippen molar-refractivity contribution in [3.63, 3.8) is 0 Å². The van der Waals surface area contributed by atoms with Crippen LogP contribution in [-0.2, 0) is 4.79 Å². The van der Waals surface area contributed by atoms with Gasteiger partial charge in [0.15, 0.2) is 6.29 Å². The largest absolute Gasteiger partial charge is 0.423 e. The minimum Gasteiger partial charge on any atom is -0.423 e. The standard InChI is InChI=1S/C17H13BrO3/c1-12-2-4-13(5-3-12)6-9-17(20)21-16-8-7-15(18)10-14(16)11-19/h2-11H,1H3. The zero-order valence-corrected chi connectivity index (χ0v) is 13.0. The van der Waals surface area contributed by atoms with Gasteiger partial charge < -0.3 is 4.74 Å². The number of halogens is 1. The van der Waals surface area contributed by atoms with E-state index in [4.69, 9.17) is 4.74 Å². The fourth-order valence-electron chi connectivity index (χ4n) is 1.69. The molecule has 0 heterocycles. The molecular weight excluding hydrogens is 332 g/mol. The molecule has 0 fully saturated rings. The Bertz CT molecular complexity index is 688. The van der Waals surface area contributed by atoms with Crippen LogP contribution in [-0.4, -0.2) is 12.3 Å². The Morgan fingerprint density at radius 3 is 2.52 bits per heavy atom. The van der Waals surface area contributed by atoms with Crippen LogP contribution in [0.5, 0.6) is 5.75 Å². The van der Waals surface area contributed by atoms with E-state index in [1.54, 1.807) is 24.3 Å². The van der Waals surface area contributed by atoms with Gasteiger partial charge in [0.1, 0.15) is 5.75 Å². The Labute approximate surface area is 131 Å². The maximum atomic E-state index is 11.8. The number of benzene rings is 2. The Morgan fingerprint density at radius 1 is 1.14 bits per heavy atom. The topological polar surface area (TPSA) is 43.4 Å². The summed E-state index contributed by atoms with van der Waals surface area (Å²) >= 11 is 3.26. The van der Waals surface area contributed by atoms with Crippen molar-refractivity contribution >= 4 is 34.3 Å². The first-order valence-electron chi connectivity index (χ1n) is 6.30. The summed E-state index contributed by atoms with van der Waals surface area (Å²) in [6, 6.07) is 12.6. The van der Waals surface area contributed by atoms with Gasteiger partial charge in [0.05, 0.1) is 5.56 Å². The highest BCUT2D eigenvalue weighted by molar-refractivity contribution is 9.10. The van der Waals surface area contributed by atoms with Crippen molar-refractivity contribution in [1.82, 2.24) is 0 Å². The van der Waals surface area contributed by atoms with Crippen LogP contribution in [0.1, 0.15) is 21.5 Å². The summed E-state index contributed by atoms with van der Waals surface area (Å²) in [4.78, 5) is 22.7. The fourth-order valence-corrected chi connectivity index (χ4v) is 2.07. The molecule has 106 valence electrons. The van der Waals surface area contributed by atoms with Crippen molar-refractivity contribution in [1.29, 1.82) is 0 Å². The second-order valence-corrected chi connectivity index (χ2v) is 5.38. The van der Waals surface area contributed by atoms with Crippen molar-refractivity contribution in [2.45, 2.75) is 6.92 Å². The summed E-state index contributed by atoms with van der Waals surface area (Å²) in [5, 5.41) is 0. The molecule has 2 rings (SSSR count). The summed E-state index contributed by atoms with van der Waals surface area (Å²) in [6.45, 7) is 2.00. The van der Waals surface area contributed by atoms with Crippen LogP contribution in [0.3, 0.4) is 0 Å². The molecule has 0 saturated heterocycles. The van der Waals surface area contributed by atoms with Crippen molar-refractivity contribution in [3.05, 3.63) is 69.7 Å². The first kappa shape index (κ1) is 15.2. The summed E-state index contributed by atoms with van der Waals surface area (Å²) in [6.07, 6.45) is 3.65. The van der Waals surface area contributed by atoms with E-state index >= 15 is 0 Å². The molecule has 2 aromatic rings. The van der Waals surface area contributed by atoms with Gasteiger partial charge in [0.2, 0.25) is 0 Å². The van der Waals surface area contributed by atoms with Gasteiger partial charge in [-0.05, 0) is 36.8 Å². The number of rotatable bonds is 4. The molecule has 0 radical (unpaired) electrons. The minimum atomic E-state index is -0.527. The molecule has 0 unspecified atom stereocenters. The number of ether oxygens (including phenoxy) is 1. The average Bonchev–Trinajstić information content (AvgIpc) is 2.48. The van der Waals surface area contributed by atoms with Gasteiger partial charge in [0, 0.05) is 10.5 Å². The van der Waals surface area contributed by atoms with Gasteiger partial charge in [-0.2, -0.15) is 0 Å². The van der Waals surface area contributed by atoms with Gasteiger partial charge in [0.25, 0.3) is 0 Å². The number of aryl methyl sites for hydroxylation is 1. The molecule has 21 heavy (non-hydrogen) atoms. The number of hydrogen-bond acceptors (Lipinski definition) is 3. The van der Waals surface area contributed by atoms with E-state index in [2.05, 4.69) is 15.9 Å². The van der Waals surface area contributed by atoms with Crippen LogP contribution in [0.15, 0.2) is 53.0 Å². The average molecular weight is 345 g/mol. The van der Waals surface area contributed by atoms with Crippen LogP contribution < -0.4 is 4.74 Å². The van der Waals surface area contributed by atoms with Crippen LogP contribution in [0.2, 0.25) is 0 Å². The Balaban J connectivity index is 2.08. The van der Waals surface area contributed by atoms with Crippen molar-refractivity contribution in [2.24, 2.45) is 0 Å². The zero-order valence-electron chi connectivity index (χ0n) is 11.4. The molecule has 0 atom stereocenters. The number of carbonyl (C=O) groups excluding carboxylic acids is 2. The molecule has 0 N–H and O–H groups in total. The molecule has 0 aliphatic rings. The van der Waals surface area contributed by atoms with Gasteiger partial charge in [-0.25, -0.2) is 4.79 Å². The summed E-state index contributed by atoms with van der Waals surface area (Å²) in [5.41, 5.74) is 2.38. The Kier molecular flexibility index (Phi) is 5.06. The number of carbonyl (C=O) groups is 2. The monoisotopic (exact) mass is 344 g/mol. The zero-order chi connectivity index (χ0) is 15.2. The third-order valence-corrected chi connectivity index (χ3v) is 3.29. The molecule has 0 spiro atoms. The molecule has 0 aromatic heterocycles. The first-order chi connectivity index (χ1) is 10.1. The van der Waals surface area contributed by atoms with E-state index < -0.39 is 5.97 Å². The van der Waals surface area contributed by atoms with Crippen LogP contribution >= 0.6 is 15.9 Å². The van der Waals surface area contributed by atoms with Gasteiger partial charge in [-0.15, -0.1) is 0 Å². The SMILES string of the molecule is Cc1ccc(C=CC(=O)Oc2ccc(Br)cc2C=O)cc1. The molecular formula is C17H13BrO3. The second-order valence-electron chi connectivity index (χ2n) is 4.47. The quantitative estimate of drug-likeness (QED) is 0.361. The van der Waals surface area contributed by atoms with Crippen LogP contribution in [0.4, 0.5) is 0 Å². The highest BCUT2D eigenvalue weighted by atomic mass is 79.9. The second kappa shape index (κ2) is 6.99. The molecule has 0 bridgehead atoms. The molecule has 0 amide bonds. The predicted molar refractivity (Wildman–Crippen MR) is 85.4 cm³/mol. The Hall–Kier alpha value is -2.20. The lowest BCUT2D eigenvalue weighted by Crippen LogP contribution is -2.05. The maximum Gasteiger partial charge on any atom is 0.336 e. The lowest BCUT2D eigenvalue weighted by Gasteiger charge is -2.04. The van der Waals surface area contributed by atoms with Crippen LogP contribution in [0.25, 0.3) is 6.08 Å². The van der Waals surface area contributed by atoms with Crippen molar-refractivity contribution in [2.75, 3.05) is 0 Å². The van der Waals surface area contributed by atoms with E-state index in [-0.39, 0.29) is 5.75 Å². The highest BCUT2D eigenvalue weighted by Crippen LogP contribution is 2.22. The summed E-state index contributed by atoms with van der Waals surface area (Å²) in [7, 11) is 0. The molecule has 0 aliphatic heterocycles. The van der Waals surface area contributed by atoms with Gasteiger partial charge >= 0.3 is 5.97 Å². The highest BCUT2D eigenvalue weighted by Gasteiger charge is 2.07. The molecule has 2 aromatic carbocycles. The Morgan fingerprint density at radius 2 is 1.86 bits per heavy atom. The van der Waals surface area contributed by atoms with E-state index in [9.17, 15) is 9.59 Å². The number of aldehydes is 1. The number of esters is 1. The summed E-state index contributed by atoms with van der Waals surface area (Å²) < 4.78 is 5.91. The molecule has 0 aliphatic carbocycles. The predicted octanol–water partition coefficient (Wildman–Crippen LogP) is 4.19. The third-order valence-electron chi connectivity index (χ3n) is 2.80. The van der Waals surface area contributed by atoms with Crippen molar-refractivity contribution in [3.8, 4) is 5.75 Å². The van der Waals surface area contributed by atoms with Gasteiger partial charge in [-0.3, -0.25) is 4.79 Å². The van der Waals surface area contributed by atoms with E-state index in [1.165, 1.54) is 6.08 Å². The molecule has 0 saturated carbocycles. The van der Waals surface area contributed by atoms with Gasteiger partial charge in [-0.1, -0.05) is 45.8 Å². The lowest BCUT2D eigenvalue weighted by atomic mass is 10.1. The van der Waals surface area contributed by atoms with E-state index in [1.807, 2.05) is 31.2 Å². The minimum absolute atomic E-state index is 0.242. The third kappa shape index (κ3) is 4.39. The first-order valence-corrected chi connectivity index (χ1v) is 7.09. The molecule has 3 nitrogen and oxygen atoms in total. The maximum absolute atomic E-state index is 11.8. The normalized spacial score (nSPS) is 10.6. The van der Waals surface area contributed by atoms with E-state index in [0.717, 1.165) is 15.6 Å². The fraction of sp³-hybridized carbons (Fsp3) is 0.0588. The van der Waals surface area contributed by atoms with Crippen LogP contribution in [0, 0.1) is 6.92 Å². The number of hydrogen-bond donors (Lipinski definition) is 0. The summed E-state index contributed by atoms with van der Waals surface area (Å²) in [5.74, 6) is -0.284. The smallest absolute Gasteiger partial charge is 0.336 e. The molecule has 4 heteroatoms.